The summed E-state index contributed by atoms with van der Waals surface area (Å²) in [5, 5.41) is 3.35. The van der Waals surface area contributed by atoms with Gasteiger partial charge in [-0.15, -0.1) is 0 Å². The monoisotopic (exact) mass is 330 g/mol. The van der Waals surface area contributed by atoms with Crippen LogP contribution in [-0.2, 0) is 10.0 Å². The van der Waals surface area contributed by atoms with Crippen molar-refractivity contribution in [3.8, 4) is 0 Å². The fourth-order valence-electron chi connectivity index (χ4n) is 2.78. The molecule has 0 aromatic carbocycles. The molecule has 1 saturated heterocycles. The van der Waals surface area contributed by atoms with E-state index in [4.69, 9.17) is 0 Å². The van der Waals surface area contributed by atoms with Crippen LogP contribution in [0.2, 0.25) is 0 Å². The van der Waals surface area contributed by atoms with E-state index in [2.05, 4.69) is 5.32 Å². The fourth-order valence-corrected chi connectivity index (χ4v) is 4.35. The molecule has 0 aromatic rings. The van der Waals surface area contributed by atoms with Gasteiger partial charge in [0.1, 0.15) is 0 Å². The van der Waals surface area contributed by atoms with Crippen molar-refractivity contribution in [2.75, 3.05) is 25.4 Å². The van der Waals surface area contributed by atoms with E-state index in [0.717, 1.165) is 13.0 Å². The summed E-state index contributed by atoms with van der Waals surface area (Å²) in [5.41, 5.74) is 0. The van der Waals surface area contributed by atoms with E-state index in [1.807, 2.05) is 13.8 Å². The van der Waals surface area contributed by atoms with Crippen molar-refractivity contribution in [2.45, 2.75) is 51.7 Å². The Labute approximate surface area is 125 Å². The summed E-state index contributed by atoms with van der Waals surface area (Å²) in [6.45, 7) is 5.65. The topological polar surface area (TPSA) is 49.4 Å². The zero-order valence-corrected chi connectivity index (χ0v) is 13.4. The van der Waals surface area contributed by atoms with Gasteiger partial charge < -0.3 is 5.32 Å². The standard InChI is InChI=1S/C13H25F3N2O2S/c1-3-11-10-18(8-6-12(11)17-4-2)21(19,20)9-5-7-13(14,15)16/h11-12,17H,3-10H2,1-2H3. The second-order valence-electron chi connectivity index (χ2n) is 5.51. The Morgan fingerprint density at radius 3 is 2.48 bits per heavy atom. The molecule has 0 spiro atoms. The molecule has 8 heteroatoms. The Morgan fingerprint density at radius 2 is 1.95 bits per heavy atom. The van der Waals surface area contributed by atoms with Crippen LogP contribution in [0.5, 0.6) is 0 Å². The molecule has 1 heterocycles. The highest BCUT2D eigenvalue weighted by atomic mass is 32.2. The van der Waals surface area contributed by atoms with Gasteiger partial charge in [0.25, 0.3) is 0 Å². The minimum Gasteiger partial charge on any atom is -0.314 e. The van der Waals surface area contributed by atoms with Gasteiger partial charge in [-0.2, -0.15) is 13.2 Å². The lowest BCUT2D eigenvalue weighted by Crippen LogP contribution is -2.51. The van der Waals surface area contributed by atoms with Gasteiger partial charge in [0.15, 0.2) is 0 Å². The number of alkyl halides is 3. The van der Waals surface area contributed by atoms with Crippen LogP contribution in [0.25, 0.3) is 0 Å². The zero-order valence-electron chi connectivity index (χ0n) is 12.6. The summed E-state index contributed by atoms with van der Waals surface area (Å²) in [6.07, 6.45) is -4.14. The van der Waals surface area contributed by atoms with E-state index < -0.39 is 28.4 Å². The van der Waals surface area contributed by atoms with E-state index in [9.17, 15) is 21.6 Å². The molecule has 4 nitrogen and oxygen atoms in total. The quantitative estimate of drug-likeness (QED) is 0.780. The van der Waals surface area contributed by atoms with Crippen molar-refractivity contribution in [1.82, 2.24) is 9.62 Å². The van der Waals surface area contributed by atoms with E-state index >= 15 is 0 Å². The summed E-state index contributed by atoms with van der Waals surface area (Å²) in [5.74, 6) is -0.203. The van der Waals surface area contributed by atoms with E-state index in [-0.39, 0.29) is 12.3 Å². The Morgan fingerprint density at radius 1 is 1.29 bits per heavy atom. The summed E-state index contributed by atoms with van der Waals surface area (Å²) in [7, 11) is -3.58. The molecule has 1 fully saturated rings. The van der Waals surface area contributed by atoms with Crippen LogP contribution >= 0.6 is 0 Å². The minimum absolute atomic E-state index is 0.219. The van der Waals surface area contributed by atoms with Crippen molar-refractivity contribution in [3.63, 3.8) is 0 Å². The summed E-state index contributed by atoms with van der Waals surface area (Å²) in [6, 6.07) is 0.293. The fraction of sp³-hybridized carbons (Fsp3) is 1.00. The van der Waals surface area contributed by atoms with Crippen LogP contribution in [-0.4, -0.2) is 50.3 Å². The summed E-state index contributed by atoms with van der Waals surface area (Å²) >= 11 is 0. The van der Waals surface area contributed by atoms with Gasteiger partial charge in [-0.3, -0.25) is 0 Å². The maximum absolute atomic E-state index is 12.1. The van der Waals surface area contributed by atoms with Gasteiger partial charge in [-0.05, 0) is 25.3 Å². The largest absolute Gasteiger partial charge is 0.389 e. The Hall–Kier alpha value is -0.340. The van der Waals surface area contributed by atoms with Crippen molar-refractivity contribution in [1.29, 1.82) is 0 Å². The Kier molecular flexibility index (Phi) is 6.93. The molecule has 2 atom stereocenters. The molecule has 21 heavy (non-hydrogen) atoms. The highest BCUT2D eigenvalue weighted by molar-refractivity contribution is 7.89. The van der Waals surface area contributed by atoms with E-state index in [1.165, 1.54) is 4.31 Å². The third-order valence-electron chi connectivity index (χ3n) is 3.94. The molecule has 1 aliphatic rings. The lowest BCUT2D eigenvalue weighted by atomic mass is 9.91. The average molecular weight is 330 g/mol. The average Bonchev–Trinajstić information content (AvgIpc) is 2.37. The van der Waals surface area contributed by atoms with Crippen molar-refractivity contribution >= 4 is 10.0 Å². The highest BCUT2D eigenvalue weighted by Gasteiger charge is 2.34. The Bertz CT molecular complexity index is 412. The molecule has 0 radical (unpaired) electrons. The number of hydrogen-bond donors (Lipinski definition) is 1. The molecule has 1 rings (SSSR count). The van der Waals surface area contributed by atoms with Crippen molar-refractivity contribution in [2.24, 2.45) is 5.92 Å². The number of rotatable bonds is 7. The maximum atomic E-state index is 12.1. The third-order valence-corrected chi connectivity index (χ3v) is 5.87. The number of halogens is 3. The lowest BCUT2D eigenvalue weighted by Gasteiger charge is -2.38. The summed E-state index contributed by atoms with van der Waals surface area (Å²) in [4.78, 5) is 0. The van der Waals surface area contributed by atoms with Crippen molar-refractivity contribution < 1.29 is 21.6 Å². The molecule has 1 aliphatic heterocycles. The number of piperidine rings is 1. The molecule has 126 valence electrons. The molecular weight excluding hydrogens is 305 g/mol. The van der Waals surface area contributed by atoms with Gasteiger partial charge in [-0.1, -0.05) is 20.3 Å². The van der Waals surface area contributed by atoms with Crippen molar-refractivity contribution in [3.05, 3.63) is 0 Å². The van der Waals surface area contributed by atoms with Crippen LogP contribution in [0, 0.1) is 5.92 Å². The van der Waals surface area contributed by atoms with Crippen LogP contribution in [0.15, 0.2) is 0 Å². The van der Waals surface area contributed by atoms with Gasteiger partial charge in [0.05, 0.1) is 5.75 Å². The smallest absolute Gasteiger partial charge is 0.314 e. The van der Waals surface area contributed by atoms with E-state index in [0.29, 0.717) is 25.6 Å². The van der Waals surface area contributed by atoms with Crippen LogP contribution in [0.4, 0.5) is 13.2 Å². The Balaban J connectivity index is 2.56. The molecule has 0 bridgehead atoms. The first-order valence-corrected chi connectivity index (χ1v) is 9.08. The molecular formula is C13H25F3N2O2S. The van der Waals surface area contributed by atoms with Gasteiger partial charge in [-0.25, -0.2) is 12.7 Å². The predicted octanol–water partition coefficient (Wildman–Crippen LogP) is 2.37. The third kappa shape index (κ3) is 6.12. The zero-order chi connectivity index (χ0) is 16.1. The first-order chi connectivity index (χ1) is 9.69. The maximum Gasteiger partial charge on any atom is 0.389 e. The molecule has 1 N–H and O–H groups in total. The molecule has 0 aromatic heterocycles. The SMILES string of the molecule is CCNC1CCN(S(=O)(=O)CCCC(F)(F)F)CC1CC. The van der Waals surface area contributed by atoms with E-state index in [1.54, 1.807) is 0 Å². The second-order valence-corrected chi connectivity index (χ2v) is 7.60. The first-order valence-electron chi connectivity index (χ1n) is 7.47. The first kappa shape index (κ1) is 18.7. The predicted molar refractivity (Wildman–Crippen MR) is 76.5 cm³/mol. The van der Waals surface area contributed by atoms with Gasteiger partial charge in [0, 0.05) is 25.6 Å². The molecule has 2 unspecified atom stereocenters. The molecule has 0 aliphatic carbocycles. The number of sulfonamides is 1. The summed E-state index contributed by atoms with van der Waals surface area (Å²) < 4.78 is 62.0. The van der Waals surface area contributed by atoms with Crippen LogP contribution < -0.4 is 5.32 Å². The van der Waals surface area contributed by atoms with Gasteiger partial charge in [0.2, 0.25) is 10.0 Å². The lowest BCUT2D eigenvalue weighted by molar-refractivity contribution is -0.134. The minimum atomic E-state index is -4.29. The van der Waals surface area contributed by atoms with Crippen LogP contribution in [0.1, 0.15) is 39.5 Å². The highest BCUT2D eigenvalue weighted by Crippen LogP contribution is 2.25. The molecule has 0 saturated carbocycles. The molecule has 0 amide bonds. The normalized spacial score (nSPS) is 25.2. The number of nitrogens with one attached hydrogen (secondary N) is 1. The second kappa shape index (κ2) is 7.78. The van der Waals surface area contributed by atoms with Crippen LogP contribution in [0.3, 0.4) is 0 Å². The number of nitrogens with zero attached hydrogens (tertiary/aromatic N) is 1. The van der Waals surface area contributed by atoms with Gasteiger partial charge >= 0.3 is 6.18 Å². The number of hydrogen-bond acceptors (Lipinski definition) is 3.